The average molecular weight is 519 g/mol. The third-order valence-electron chi connectivity index (χ3n) is 7.54. The summed E-state index contributed by atoms with van der Waals surface area (Å²) in [6, 6.07) is 2.92. The first-order valence-electron chi connectivity index (χ1n) is 12.2. The molecule has 2 aromatic heterocycles. The zero-order valence-electron chi connectivity index (χ0n) is 20.4. The summed E-state index contributed by atoms with van der Waals surface area (Å²) in [6.45, 7) is 1.46. The maximum absolute atomic E-state index is 13.6. The van der Waals surface area contributed by atoms with Crippen molar-refractivity contribution in [3.05, 3.63) is 47.5 Å². The lowest BCUT2D eigenvalue weighted by Gasteiger charge is -2.48. The first-order valence-corrected chi connectivity index (χ1v) is 13.8. The van der Waals surface area contributed by atoms with Gasteiger partial charge in [0.15, 0.2) is 0 Å². The van der Waals surface area contributed by atoms with Crippen LogP contribution >= 0.6 is 0 Å². The van der Waals surface area contributed by atoms with E-state index in [4.69, 9.17) is 0 Å². The van der Waals surface area contributed by atoms with Gasteiger partial charge < -0.3 is 4.90 Å². The van der Waals surface area contributed by atoms with Crippen molar-refractivity contribution in [2.45, 2.75) is 68.9 Å². The number of urea groups is 1. The first kappa shape index (κ1) is 24.8. The number of fused-ring (bicyclic) bond motifs is 1. The number of aromatic nitrogens is 3. The molecule has 1 saturated heterocycles. The molecule has 1 N–H and O–H groups in total. The largest absolute Gasteiger partial charge is 0.327 e. The van der Waals surface area contributed by atoms with E-state index in [0.717, 1.165) is 5.56 Å². The molecule has 36 heavy (non-hydrogen) atoms. The summed E-state index contributed by atoms with van der Waals surface area (Å²) in [5, 5.41) is 3.31. The van der Waals surface area contributed by atoms with Gasteiger partial charge in [0.1, 0.15) is 6.67 Å². The molecular weight excluding hydrogens is 487 g/mol. The van der Waals surface area contributed by atoms with E-state index in [1.165, 1.54) is 4.90 Å². The molecule has 0 radical (unpaired) electrons. The van der Waals surface area contributed by atoms with E-state index in [-0.39, 0.29) is 25.4 Å². The van der Waals surface area contributed by atoms with Crippen molar-refractivity contribution in [2.24, 2.45) is 13.0 Å². The Bertz CT molecular complexity index is 1260. The van der Waals surface area contributed by atoms with Gasteiger partial charge in [0.25, 0.3) is 0 Å². The second-order valence-corrected chi connectivity index (χ2v) is 12.3. The molecule has 5 rings (SSSR count). The zero-order chi connectivity index (χ0) is 25.7. The highest BCUT2D eigenvalue weighted by Gasteiger charge is 2.53. The predicted octanol–water partition coefficient (Wildman–Crippen LogP) is 2.05. The maximum Gasteiger partial charge on any atom is 0.327 e. The Hall–Kier alpha value is -2.86. The molecule has 3 aliphatic rings. The Labute approximate surface area is 209 Å². The number of amides is 3. The Morgan fingerprint density at radius 1 is 1.17 bits per heavy atom. The molecule has 3 amide bonds. The van der Waals surface area contributed by atoms with Gasteiger partial charge in [-0.3, -0.25) is 19.4 Å². The summed E-state index contributed by atoms with van der Waals surface area (Å²) in [5.74, 6) is -1.06. The molecule has 2 saturated carbocycles. The normalized spacial score (nSPS) is 25.7. The van der Waals surface area contributed by atoms with Crippen molar-refractivity contribution in [3.8, 4) is 0 Å². The fourth-order valence-corrected chi connectivity index (χ4v) is 7.20. The number of aryl methyl sites for hydroxylation is 2. The monoisotopic (exact) mass is 518 g/mol. The number of alkyl halides is 1. The number of hydrogen-bond donors (Lipinski definition) is 1. The molecule has 3 atom stereocenters. The minimum Gasteiger partial charge on any atom is -0.315 e. The van der Waals surface area contributed by atoms with Gasteiger partial charge in [-0.15, -0.1) is 0 Å². The van der Waals surface area contributed by atoms with Crippen LogP contribution in [0.4, 0.5) is 9.18 Å². The Balaban J connectivity index is 1.42. The molecule has 10 nitrogen and oxygen atoms in total. The number of nitrogens with zero attached hydrogens (tertiary/aromatic N) is 5. The Morgan fingerprint density at radius 3 is 2.56 bits per heavy atom. The summed E-state index contributed by atoms with van der Waals surface area (Å²) in [5.41, 5.74) is 1.40. The lowest BCUT2D eigenvalue weighted by molar-refractivity contribution is -0.141. The first-order chi connectivity index (χ1) is 17.1. The number of carbonyl (C=O) groups excluding carboxylic acids is 2. The van der Waals surface area contributed by atoms with E-state index in [2.05, 4.69) is 14.8 Å². The number of sulfonamides is 1. The van der Waals surface area contributed by atoms with Gasteiger partial charge in [0.2, 0.25) is 15.9 Å². The highest BCUT2D eigenvalue weighted by atomic mass is 32.2. The van der Waals surface area contributed by atoms with Crippen LogP contribution in [0.1, 0.15) is 48.9 Å². The molecule has 0 bridgehead atoms. The number of hydrogen-bond acceptors (Lipinski definition) is 6. The van der Waals surface area contributed by atoms with Gasteiger partial charge in [0, 0.05) is 31.0 Å². The highest BCUT2D eigenvalue weighted by molar-refractivity contribution is 7.90. The quantitative estimate of drug-likeness (QED) is 0.572. The molecule has 1 aliphatic heterocycles. The van der Waals surface area contributed by atoms with Crippen LogP contribution in [0.2, 0.25) is 0 Å². The molecule has 2 aromatic rings. The zero-order valence-corrected chi connectivity index (χ0v) is 21.2. The standard InChI is InChI=1S/C24H31FN6O4S/c1-16-3-4-18(26-10-16)14-30-21-6-5-19(36(34,35)28-24(15-25)7-8-24)9-20(21)22(32)31(23(30)33)13-17-11-27-29(2)12-17/h3-4,10-12,19-21,28H,5-9,13-15H2,1-2H3. The molecular formula is C24H31FN6O4S. The van der Waals surface area contributed by atoms with Crippen LogP contribution in [0.5, 0.6) is 0 Å². The van der Waals surface area contributed by atoms with Gasteiger partial charge in [-0.05, 0) is 50.7 Å². The molecule has 0 aromatic carbocycles. The van der Waals surface area contributed by atoms with E-state index >= 15 is 0 Å². The van der Waals surface area contributed by atoms with Crippen LogP contribution in [0, 0.1) is 12.8 Å². The third kappa shape index (κ3) is 4.75. The summed E-state index contributed by atoms with van der Waals surface area (Å²) in [4.78, 5) is 34.5. The summed E-state index contributed by atoms with van der Waals surface area (Å²) in [7, 11) is -2.07. The fraction of sp³-hybridized carbons (Fsp3) is 0.583. The average Bonchev–Trinajstić information content (AvgIpc) is 3.50. The molecule has 3 unspecified atom stereocenters. The minimum absolute atomic E-state index is 0.0488. The third-order valence-corrected chi connectivity index (χ3v) is 9.56. The lowest BCUT2D eigenvalue weighted by atomic mass is 9.80. The Morgan fingerprint density at radius 2 is 1.94 bits per heavy atom. The second-order valence-electron chi connectivity index (χ2n) is 10.4. The maximum atomic E-state index is 13.6. The minimum atomic E-state index is -3.82. The molecule has 12 heteroatoms. The van der Waals surface area contributed by atoms with Crippen molar-refractivity contribution >= 4 is 22.0 Å². The van der Waals surface area contributed by atoms with Crippen molar-refractivity contribution in [2.75, 3.05) is 6.67 Å². The van der Waals surface area contributed by atoms with Gasteiger partial charge in [0.05, 0.1) is 41.7 Å². The summed E-state index contributed by atoms with van der Waals surface area (Å²) < 4.78 is 43.8. The van der Waals surface area contributed by atoms with Crippen LogP contribution in [0.3, 0.4) is 0 Å². The predicted molar refractivity (Wildman–Crippen MR) is 129 cm³/mol. The highest BCUT2D eigenvalue weighted by Crippen LogP contribution is 2.41. The van der Waals surface area contributed by atoms with Gasteiger partial charge in [-0.25, -0.2) is 22.3 Å². The number of rotatable bonds is 8. The van der Waals surface area contributed by atoms with Gasteiger partial charge in [-0.1, -0.05) is 6.07 Å². The number of imide groups is 1. The molecule has 0 spiro atoms. The summed E-state index contributed by atoms with van der Waals surface area (Å²) in [6.07, 6.45) is 6.76. The van der Waals surface area contributed by atoms with Crippen molar-refractivity contribution in [1.82, 2.24) is 29.3 Å². The number of pyridine rings is 1. The number of halogens is 1. The van der Waals surface area contributed by atoms with Crippen molar-refractivity contribution in [3.63, 3.8) is 0 Å². The van der Waals surface area contributed by atoms with Crippen LogP contribution in [0.25, 0.3) is 0 Å². The van der Waals surface area contributed by atoms with E-state index in [1.807, 2.05) is 19.1 Å². The number of carbonyl (C=O) groups is 2. The van der Waals surface area contributed by atoms with Crippen LogP contribution in [0.15, 0.2) is 30.7 Å². The van der Waals surface area contributed by atoms with Crippen LogP contribution in [-0.4, -0.2) is 68.4 Å². The molecule has 194 valence electrons. The Kier molecular flexibility index (Phi) is 6.36. The molecule has 3 heterocycles. The molecule has 3 fully saturated rings. The van der Waals surface area contributed by atoms with Crippen molar-refractivity contribution in [1.29, 1.82) is 0 Å². The summed E-state index contributed by atoms with van der Waals surface area (Å²) >= 11 is 0. The van der Waals surface area contributed by atoms with Crippen LogP contribution in [-0.2, 0) is 35.0 Å². The SMILES string of the molecule is Cc1ccc(CN2C(=O)N(Cc3cnn(C)c3)C(=O)C3CC(S(=O)(=O)NC4(CF)CC4)CCC32)nc1. The number of nitrogens with one attached hydrogen (secondary N) is 1. The van der Waals surface area contributed by atoms with Crippen molar-refractivity contribution < 1.29 is 22.4 Å². The lowest BCUT2D eigenvalue weighted by Crippen LogP contribution is -2.63. The molecule has 2 aliphatic carbocycles. The van der Waals surface area contributed by atoms with Gasteiger partial charge >= 0.3 is 6.03 Å². The topological polar surface area (TPSA) is 118 Å². The van der Waals surface area contributed by atoms with E-state index in [9.17, 15) is 22.4 Å². The van der Waals surface area contributed by atoms with E-state index in [1.54, 1.807) is 35.2 Å². The fourth-order valence-electron chi connectivity index (χ4n) is 5.26. The van der Waals surface area contributed by atoms with Gasteiger partial charge in [-0.2, -0.15) is 5.10 Å². The van der Waals surface area contributed by atoms with Crippen LogP contribution < -0.4 is 4.72 Å². The van der Waals surface area contributed by atoms with E-state index < -0.39 is 45.5 Å². The second kappa shape index (κ2) is 9.22. The van der Waals surface area contributed by atoms with E-state index in [0.29, 0.717) is 36.9 Å². The smallest absolute Gasteiger partial charge is 0.315 e.